The first kappa shape index (κ1) is 20.5. The summed E-state index contributed by atoms with van der Waals surface area (Å²) in [4.78, 5) is 20.4. The third-order valence-corrected chi connectivity index (χ3v) is 5.41. The number of hydrogen-bond acceptors (Lipinski definition) is 4. The van der Waals surface area contributed by atoms with Gasteiger partial charge in [-0.15, -0.1) is 0 Å². The number of aromatic amines is 1. The summed E-state index contributed by atoms with van der Waals surface area (Å²) in [6.45, 7) is 0.438. The van der Waals surface area contributed by atoms with Crippen molar-refractivity contribution in [2.24, 2.45) is 0 Å². The highest BCUT2D eigenvalue weighted by molar-refractivity contribution is 5.86. The molecule has 1 unspecified atom stereocenters. The predicted octanol–water partition coefficient (Wildman–Crippen LogP) is 4.42. The van der Waals surface area contributed by atoms with Crippen LogP contribution in [0, 0.1) is 0 Å². The number of H-pyrrole nitrogens is 1. The molecule has 6 heteroatoms. The van der Waals surface area contributed by atoms with Gasteiger partial charge in [-0.25, -0.2) is 0 Å². The molecule has 4 aromatic rings. The maximum atomic E-state index is 12.9. The van der Waals surface area contributed by atoms with Gasteiger partial charge >= 0.3 is 0 Å². The zero-order valence-electron chi connectivity index (χ0n) is 17.6. The molecule has 0 radical (unpaired) electrons. The molecule has 1 amide bonds. The third kappa shape index (κ3) is 4.53. The number of hydrogen-bond donors (Lipinski definition) is 2. The summed E-state index contributed by atoms with van der Waals surface area (Å²) in [6, 6.07) is 17.6. The van der Waals surface area contributed by atoms with Crippen LogP contribution in [0.3, 0.4) is 0 Å². The number of nitrogens with zero attached hydrogens (tertiary/aromatic N) is 1. The van der Waals surface area contributed by atoms with Crippen molar-refractivity contribution in [1.82, 2.24) is 15.3 Å². The second-order valence-electron chi connectivity index (χ2n) is 7.29. The summed E-state index contributed by atoms with van der Waals surface area (Å²) in [5, 5.41) is 4.10. The lowest BCUT2D eigenvalue weighted by molar-refractivity contribution is -0.121. The van der Waals surface area contributed by atoms with Crippen LogP contribution in [0.4, 0.5) is 0 Å². The number of aromatic nitrogens is 2. The van der Waals surface area contributed by atoms with Gasteiger partial charge in [0.2, 0.25) is 5.91 Å². The van der Waals surface area contributed by atoms with Crippen LogP contribution in [0.5, 0.6) is 11.5 Å². The maximum absolute atomic E-state index is 12.9. The van der Waals surface area contributed by atoms with Crippen molar-refractivity contribution < 1.29 is 14.3 Å². The number of nitrogens with one attached hydrogen (secondary N) is 2. The van der Waals surface area contributed by atoms with Gasteiger partial charge in [0.25, 0.3) is 0 Å². The van der Waals surface area contributed by atoms with E-state index in [4.69, 9.17) is 9.47 Å². The molecule has 31 heavy (non-hydrogen) atoms. The van der Waals surface area contributed by atoms with E-state index in [0.717, 1.165) is 27.6 Å². The molecular formula is C25H25N3O3. The molecule has 158 valence electrons. The molecule has 0 saturated carbocycles. The molecule has 4 rings (SSSR count). The second-order valence-corrected chi connectivity index (χ2v) is 7.29. The molecule has 0 bridgehead atoms. The number of benzene rings is 2. The first-order valence-electron chi connectivity index (χ1n) is 10.1. The molecule has 0 fully saturated rings. The Morgan fingerprint density at radius 1 is 1.06 bits per heavy atom. The Labute approximate surface area is 181 Å². The van der Waals surface area contributed by atoms with Crippen LogP contribution < -0.4 is 14.8 Å². The van der Waals surface area contributed by atoms with E-state index in [9.17, 15) is 4.79 Å². The Kier molecular flexibility index (Phi) is 6.17. The molecule has 0 aliphatic rings. The van der Waals surface area contributed by atoms with E-state index in [-0.39, 0.29) is 18.2 Å². The summed E-state index contributed by atoms with van der Waals surface area (Å²) in [5.41, 5.74) is 3.98. The second kappa shape index (κ2) is 9.34. The fraction of sp³-hybridized carbons (Fsp3) is 0.200. The molecular weight excluding hydrogens is 390 g/mol. The minimum atomic E-state index is -0.189. The van der Waals surface area contributed by atoms with Crippen molar-refractivity contribution in [2.45, 2.75) is 18.9 Å². The van der Waals surface area contributed by atoms with E-state index in [0.29, 0.717) is 18.0 Å². The number of carbonyl (C=O) groups excluding carboxylic acids is 1. The SMILES string of the molecule is COc1ccc(C(CC(=O)NCc2cccnc2)c2c[nH]c3ccccc23)c(OC)c1. The minimum Gasteiger partial charge on any atom is -0.497 e. The monoisotopic (exact) mass is 415 g/mol. The number of pyridine rings is 1. The highest BCUT2D eigenvalue weighted by Crippen LogP contribution is 2.39. The minimum absolute atomic E-state index is 0.0444. The lowest BCUT2D eigenvalue weighted by atomic mass is 9.87. The number of para-hydroxylation sites is 1. The third-order valence-electron chi connectivity index (χ3n) is 5.41. The van der Waals surface area contributed by atoms with Gasteiger partial charge < -0.3 is 19.8 Å². The molecule has 2 heterocycles. The van der Waals surface area contributed by atoms with Gasteiger partial charge in [-0.2, -0.15) is 0 Å². The lowest BCUT2D eigenvalue weighted by Crippen LogP contribution is -2.25. The van der Waals surface area contributed by atoms with Gasteiger partial charge in [0.15, 0.2) is 0 Å². The summed E-state index contributed by atoms with van der Waals surface area (Å²) >= 11 is 0. The van der Waals surface area contributed by atoms with Crippen molar-refractivity contribution in [1.29, 1.82) is 0 Å². The quantitative estimate of drug-likeness (QED) is 0.447. The van der Waals surface area contributed by atoms with Crippen LogP contribution in [0.15, 0.2) is 73.2 Å². The molecule has 2 aromatic carbocycles. The van der Waals surface area contributed by atoms with Crippen molar-refractivity contribution in [2.75, 3.05) is 14.2 Å². The van der Waals surface area contributed by atoms with Crippen LogP contribution in [-0.4, -0.2) is 30.1 Å². The number of rotatable bonds is 8. The van der Waals surface area contributed by atoms with Crippen LogP contribution in [0.1, 0.15) is 29.0 Å². The van der Waals surface area contributed by atoms with E-state index < -0.39 is 0 Å². The fourth-order valence-corrected chi connectivity index (χ4v) is 3.84. The summed E-state index contributed by atoms with van der Waals surface area (Å²) in [5.74, 6) is 1.16. The Hall–Kier alpha value is -3.80. The van der Waals surface area contributed by atoms with E-state index >= 15 is 0 Å². The first-order valence-corrected chi connectivity index (χ1v) is 10.1. The standard InChI is InChI=1S/C25H25N3O3/c1-30-18-9-10-20(24(12-18)31-2)21(22-16-27-23-8-4-3-7-19(22)23)13-25(29)28-15-17-6-5-11-26-14-17/h3-12,14,16,21,27H,13,15H2,1-2H3,(H,28,29). The largest absolute Gasteiger partial charge is 0.497 e. The highest BCUT2D eigenvalue weighted by atomic mass is 16.5. The molecule has 1 atom stereocenters. The topological polar surface area (TPSA) is 76.2 Å². The maximum Gasteiger partial charge on any atom is 0.221 e. The van der Waals surface area contributed by atoms with Crippen molar-refractivity contribution in [3.05, 3.63) is 89.9 Å². The highest BCUT2D eigenvalue weighted by Gasteiger charge is 2.24. The van der Waals surface area contributed by atoms with Gasteiger partial charge in [0, 0.05) is 60.0 Å². The van der Waals surface area contributed by atoms with Crippen LogP contribution in [-0.2, 0) is 11.3 Å². The summed E-state index contributed by atoms with van der Waals surface area (Å²) < 4.78 is 11.0. The van der Waals surface area contributed by atoms with Gasteiger partial charge in [-0.1, -0.05) is 30.3 Å². The van der Waals surface area contributed by atoms with Crippen molar-refractivity contribution >= 4 is 16.8 Å². The number of ether oxygens (including phenoxy) is 2. The van der Waals surface area contributed by atoms with Crippen LogP contribution in [0.25, 0.3) is 10.9 Å². The Bertz CT molecular complexity index is 1170. The number of amides is 1. The number of fused-ring (bicyclic) bond motifs is 1. The lowest BCUT2D eigenvalue weighted by Gasteiger charge is -2.20. The predicted molar refractivity (Wildman–Crippen MR) is 120 cm³/mol. The molecule has 0 saturated heterocycles. The Balaban J connectivity index is 1.67. The number of methoxy groups -OCH3 is 2. The smallest absolute Gasteiger partial charge is 0.221 e. The molecule has 0 spiro atoms. The summed E-state index contributed by atoms with van der Waals surface area (Å²) in [7, 11) is 3.25. The Morgan fingerprint density at radius 2 is 1.94 bits per heavy atom. The van der Waals surface area contributed by atoms with Crippen molar-refractivity contribution in [3.8, 4) is 11.5 Å². The molecule has 0 aliphatic carbocycles. The molecule has 2 N–H and O–H groups in total. The van der Waals surface area contributed by atoms with Gasteiger partial charge in [-0.3, -0.25) is 9.78 Å². The molecule has 6 nitrogen and oxygen atoms in total. The van der Waals surface area contributed by atoms with Crippen molar-refractivity contribution in [3.63, 3.8) is 0 Å². The van der Waals surface area contributed by atoms with Gasteiger partial charge in [0.1, 0.15) is 11.5 Å². The Morgan fingerprint density at radius 3 is 2.71 bits per heavy atom. The zero-order chi connectivity index (χ0) is 21.6. The van der Waals surface area contributed by atoms with Gasteiger partial charge in [-0.05, 0) is 29.3 Å². The van der Waals surface area contributed by atoms with E-state index in [1.807, 2.05) is 54.7 Å². The summed E-state index contributed by atoms with van der Waals surface area (Å²) in [6.07, 6.45) is 5.73. The van der Waals surface area contributed by atoms with Crippen LogP contribution >= 0.6 is 0 Å². The van der Waals surface area contributed by atoms with Crippen LogP contribution in [0.2, 0.25) is 0 Å². The molecule has 2 aromatic heterocycles. The average Bonchev–Trinajstić information content (AvgIpc) is 3.25. The first-order chi connectivity index (χ1) is 15.2. The molecule has 0 aliphatic heterocycles. The fourth-order valence-electron chi connectivity index (χ4n) is 3.84. The van der Waals surface area contributed by atoms with E-state index in [1.54, 1.807) is 26.6 Å². The normalized spacial score (nSPS) is 11.8. The average molecular weight is 415 g/mol. The van der Waals surface area contributed by atoms with Gasteiger partial charge in [0.05, 0.1) is 14.2 Å². The van der Waals surface area contributed by atoms with E-state index in [1.165, 1.54) is 0 Å². The van der Waals surface area contributed by atoms with E-state index in [2.05, 4.69) is 21.4 Å². The zero-order valence-corrected chi connectivity index (χ0v) is 17.6. The number of carbonyl (C=O) groups is 1.